The lowest BCUT2D eigenvalue weighted by atomic mass is 10.0. The lowest BCUT2D eigenvalue weighted by molar-refractivity contribution is -0.142. The zero-order valence-corrected chi connectivity index (χ0v) is 16.7. The minimum atomic E-state index is -0.852. The van der Waals surface area contributed by atoms with Crippen molar-refractivity contribution in [3.8, 4) is 0 Å². The van der Waals surface area contributed by atoms with E-state index in [0.29, 0.717) is 17.8 Å². The predicted molar refractivity (Wildman–Crippen MR) is 103 cm³/mol. The quantitative estimate of drug-likeness (QED) is 0.512. The lowest BCUT2D eigenvalue weighted by Gasteiger charge is -2.18. The van der Waals surface area contributed by atoms with Crippen molar-refractivity contribution in [2.45, 2.75) is 32.4 Å². The average Bonchev–Trinajstić information content (AvgIpc) is 3.08. The third-order valence-electron chi connectivity index (χ3n) is 3.73. The van der Waals surface area contributed by atoms with Crippen LogP contribution < -0.4 is 10.6 Å². The van der Waals surface area contributed by atoms with Crippen molar-refractivity contribution in [2.75, 3.05) is 12.4 Å². The van der Waals surface area contributed by atoms with Crippen molar-refractivity contribution in [3.05, 3.63) is 46.7 Å². The monoisotopic (exact) mass is 436 g/mol. The van der Waals surface area contributed by atoms with Gasteiger partial charge in [-0.05, 0) is 24.1 Å². The van der Waals surface area contributed by atoms with E-state index in [0.717, 1.165) is 10.9 Å². The second-order valence-electron chi connectivity index (χ2n) is 5.80. The number of aryl methyl sites for hydroxylation is 1. The summed E-state index contributed by atoms with van der Waals surface area (Å²) in [5, 5.41) is 9.16. The number of nitrogens with zero attached hydrogens (tertiary/aromatic N) is 2. The molecule has 144 valence electrons. The zero-order valence-electron chi connectivity index (χ0n) is 15.1. The third kappa shape index (κ3) is 6.21. The molecule has 1 aromatic carbocycles. The number of rotatable bonds is 7. The Kier molecular flexibility index (Phi) is 7.54. The SMILES string of the molecule is CCCn1cc(NC(=O)C(=O)N[C@@H](CC(=O)OC)c2ccc(Br)cc2)cn1. The van der Waals surface area contributed by atoms with Gasteiger partial charge in [0.15, 0.2) is 0 Å². The van der Waals surface area contributed by atoms with Crippen molar-refractivity contribution >= 4 is 39.4 Å². The van der Waals surface area contributed by atoms with E-state index in [1.165, 1.54) is 13.3 Å². The Labute approximate surface area is 165 Å². The molecule has 0 bridgehead atoms. The fourth-order valence-electron chi connectivity index (χ4n) is 2.39. The highest BCUT2D eigenvalue weighted by Gasteiger charge is 2.23. The first kappa shape index (κ1) is 20.6. The van der Waals surface area contributed by atoms with Crippen LogP contribution in [0.4, 0.5) is 5.69 Å². The number of aromatic nitrogens is 2. The summed E-state index contributed by atoms with van der Waals surface area (Å²) < 4.78 is 7.21. The number of esters is 1. The Balaban J connectivity index is 2.05. The first-order chi connectivity index (χ1) is 12.9. The molecule has 9 heteroatoms. The average molecular weight is 437 g/mol. The molecule has 0 saturated carbocycles. The fourth-order valence-corrected chi connectivity index (χ4v) is 2.65. The minimum absolute atomic E-state index is 0.0917. The standard InChI is InChI=1S/C18H21BrN4O4/c1-3-8-23-11-14(10-20-23)21-17(25)18(26)22-15(9-16(24)27-2)12-4-6-13(19)7-5-12/h4-7,10-11,15H,3,8-9H2,1-2H3,(H,21,25)(H,22,26)/t15-/m0/s1. The molecule has 8 nitrogen and oxygen atoms in total. The molecule has 2 amide bonds. The van der Waals surface area contributed by atoms with Crippen molar-refractivity contribution in [3.63, 3.8) is 0 Å². The first-order valence-electron chi connectivity index (χ1n) is 8.39. The van der Waals surface area contributed by atoms with Gasteiger partial charge in [0.25, 0.3) is 0 Å². The molecule has 2 aromatic rings. The molecular formula is C18H21BrN4O4. The highest BCUT2D eigenvalue weighted by atomic mass is 79.9. The van der Waals surface area contributed by atoms with Crippen molar-refractivity contribution < 1.29 is 19.1 Å². The van der Waals surface area contributed by atoms with Gasteiger partial charge in [-0.1, -0.05) is 35.0 Å². The number of hydrogen-bond acceptors (Lipinski definition) is 5. The third-order valence-corrected chi connectivity index (χ3v) is 4.25. The summed E-state index contributed by atoms with van der Waals surface area (Å²) in [4.78, 5) is 36.1. The van der Waals surface area contributed by atoms with E-state index >= 15 is 0 Å². The number of methoxy groups -OCH3 is 1. The number of anilines is 1. The highest BCUT2D eigenvalue weighted by molar-refractivity contribution is 9.10. The maximum atomic E-state index is 12.3. The van der Waals surface area contributed by atoms with Crippen molar-refractivity contribution in [1.29, 1.82) is 0 Å². The first-order valence-corrected chi connectivity index (χ1v) is 9.18. The minimum Gasteiger partial charge on any atom is -0.469 e. The predicted octanol–water partition coefficient (Wildman–Crippen LogP) is 2.41. The Bertz CT molecular complexity index is 804. The van der Waals surface area contributed by atoms with E-state index < -0.39 is 23.8 Å². The molecule has 27 heavy (non-hydrogen) atoms. The van der Waals surface area contributed by atoms with Crippen LogP contribution in [0.3, 0.4) is 0 Å². The van der Waals surface area contributed by atoms with E-state index in [4.69, 9.17) is 0 Å². The van der Waals surface area contributed by atoms with Crippen LogP contribution in [0.15, 0.2) is 41.1 Å². The molecule has 0 aliphatic carbocycles. The van der Waals surface area contributed by atoms with Crippen LogP contribution in [0.5, 0.6) is 0 Å². The highest BCUT2D eigenvalue weighted by Crippen LogP contribution is 2.20. The molecule has 1 heterocycles. The number of amides is 2. The van der Waals surface area contributed by atoms with Crippen LogP contribution in [-0.2, 0) is 25.7 Å². The molecule has 2 rings (SSSR count). The van der Waals surface area contributed by atoms with Gasteiger partial charge in [-0.3, -0.25) is 19.1 Å². The molecule has 0 radical (unpaired) electrons. The maximum Gasteiger partial charge on any atom is 0.313 e. The molecule has 2 N–H and O–H groups in total. The number of carbonyl (C=O) groups is 3. The summed E-state index contributed by atoms with van der Waals surface area (Å²) in [7, 11) is 1.27. The molecule has 0 aliphatic heterocycles. The van der Waals surface area contributed by atoms with Gasteiger partial charge in [0.05, 0.1) is 31.5 Å². The smallest absolute Gasteiger partial charge is 0.313 e. The van der Waals surface area contributed by atoms with Gasteiger partial charge in [-0.2, -0.15) is 5.10 Å². The van der Waals surface area contributed by atoms with Crippen LogP contribution in [-0.4, -0.2) is 34.7 Å². The van der Waals surface area contributed by atoms with E-state index in [9.17, 15) is 14.4 Å². The summed E-state index contributed by atoms with van der Waals surface area (Å²) in [6, 6.07) is 6.39. The van der Waals surface area contributed by atoms with Crippen LogP contribution in [0, 0.1) is 0 Å². The van der Waals surface area contributed by atoms with E-state index in [1.54, 1.807) is 35.1 Å². The molecule has 0 saturated heterocycles. The second-order valence-corrected chi connectivity index (χ2v) is 6.72. The Hall–Kier alpha value is -2.68. The van der Waals surface area contributed by atoms with Gasteiger partial charge in [0.1, 0.15) is 0 Å². The van der Waals surface area contributed by atoms with Gasteiger partial charge >= 0.3 is 17.8 Å². The van der Waals surface area contributed by atoms with Gasteiger partial charge in [-0.15, -0.1) is 0 Å². The van der Waals surface area contributed by atoms with Gasteiger partial charge < -0.3 is 15.4 Å². The maximum absolute atomic E-state index is 12.3. The van der Waals surface area contributed by atoms with Crippen LogP contribution in [0.1, 0.15) is 31.4 Å². The molecule has 0 aliphatic rings. The number of benzene rings is 1. The van der Waals surface area contributed by atoms with E-state index in [-0.39, 0.29) is 6.42 Å². The van der Waals surface area contributed by atoms with Crippen LogP contribution in [0.25, 0.3) is 0 Å². The Morgan fingerprint density at radius 2 is 1.93 bits per heavy atom. The van der Waals surface area contributed by atoms with Crippen LogP contribution >= 0.6 is 15.9 Å². The Morgan fingerprint density at radius 1 is 1.22 bits per heavy atom. The summed E-state index contributed by atoms with van der Waals surface area (Å²) in [6.07, 6.45) is 3.93. The summed E-state index contributed by atoms with van der Waals surface area (Å²) >= 11 is 3.33. The normalized spacial score (nSPS) is 11.5. The largest absolute Gasteiger partial charge is 0.469 e. The van der Waals surface area contributed by atoms with E-state index in [2.05, 4.69) is 36.4 Å². The van der Waals surface area contributed by atoms with E-state index in [1.807, 2.05) is 6.92 Å². The number of carbonyl (C=O) groups excluding carboxylic acids is 3. The van der Waals surface area contributed by atoms with Crippen LogP contribution in [0.2, 0.25) is 0 Å². The van der Waals surface area contributed by atoms with Gasteiger partial charge in [0.2, 0.25) is 0 Å². The second kappa shape index (κ2) is 9.86. The van der Waals surface area contributed by atoms with Gasteiger partial charge in [0, 0.05) is 17.2 Å². The Morgan fingerprint density at radius 3 is 2.56 bits per heavy atom. The molecule has 0 unspecified atom stereocenters. The summed E-state index contributed by atoms with van der Waals surface area (Å²) in [5.74, 6) is -2.18. The van der Waals surface area contributed by atoms with Crippen molar-refractivity contribution in [2.24, 2.45) is 0 Å². The number of nitrogens with one attached hydrogen (secondary N) is 2. The summed E-state index contributed by atoms with van der Waals surface area (Å²) in [6.45, 7) is 2.73. The molecule has 1 atom stereocenters. The topological polar surface area (TPSA) is 102 Å². The number of ether oxygens (including phenoxy) is 1. The van der Waals surface area contributed by atoms with Crippen molar-refractivity contribution in [1.82, 2.24) is 15.1 Å². The molecule has 0 spiro atoms. The number of halogens is 1. The molecule has 1 aromatic heterocycles. The lowest BCUT2D eigenvalue weighted by Crippen LogP contribution is -2.38. The molecular weight excluding hydrogens is 416 g/mol. The number of hydrogen-bond donors (Lipinski definition) is 2. The molecule has 0 fully saturated rings. The zero-order chi connectivity index (χ0) is 19.8. The fraction of sp³-hybridized carbons (Fsp3) is 0.333. The summed E-state index contributed by atoms with van der Waals surface area (Å²) in [5.41, 5.74) is 1.11. The van der Waals surface area contributed by atoms with Gasteiger partial charge in [-0.25, -0.2) is 0 Å².